The third-order valence-corrected chi connectivity index (χ3v) is 6.65. The van der Waals surface area contributed by atoms with E-state index in [1.165, 1.54) is 32.2 Å². The van der Waals surface area contributed by atoms with E-state index in [-0.39, 0.29) is 0 Å². The fourth-order valence-corrected chi connectivity index (χ4v) is 5.04. The van der Waals surface area contributed by atoms with E-state index >= 15 is 0 Å². The summed E-state index contributed by atoms with van der Waals surface area (Å²) in [5, 5.41) is 3.43. The lowest BCUT2D eigenvalue weighted by Crippen LogP contribution is -2.46. The standard InChI is InChI=1S/C14H26N2O2S/c17-19(18)9-5-14(6-10-19)16(13-1-2-13)11-12-3-7-15-8-4-12/h12-15H,1-11H2. The fraction of sp³-hybridized carbons (Fsp3) is 1.00. The predicted molar refractivity (Wildman–Crippen MR) is 77.0 cm³/mol. The van der Waals surface area contributed by atoms with Crippen LogP contribution < -0.4 is 5.32 Å². The van der Waals surface area contributed by atoms with Gasteiger partial charge in [0.1, 0.15) is 9.84 Å². The van der Waals surface area contributed by atoms with Gasteiger partial charge in [-0.3, -0.25) is 4.90 Å². The second-order valence-electron chi connectivity index (χ2n) is 6.50. The second kappa shape index (κ2) is 5.70. The van der Waals surface area contributed by atoms with Gasteiger partial charge in [-0.1, -0.05) is 0 Å². The Morgan fingerprint density at radius 3 is 2.05 bits per heavy atom. The van der Waals surface area contributed by atoms with Crippen molar-refractivity contribution in [1.82, 2.24) is 10.2 Å². The molecule has 0 aromatic carbocycles. The van der Waals surface area contributed by atoms with Crippen LogP contribution in [-0.4, -0.2) is 56.5 Å². The van der Waals surface area contributed by atoms with Gasteiger partial charge in [-0.05, 0) is 57.5 Å². The summed E-state index contributed by atoms with van der Waals surface area (Å²) in [6.07, 6.45) is 6.96. The molecule has 1 saturated carbocycles. The highest BCUT2D eigenvalue weighted by atomic mass is 32.2. The Morgan fingerprint density at radius 2 is 1.47 bits per heavy atom. The lowest BCUT2D eigenvalue weighted by Gasteiger charge is -2.37. The molecule has 3 rings (SSSR count). The quantitative estimate of drug-likeness (QED) is 0.838. The molecule has 5 heteroatoms. The normalized spacial score (nSPS) is 29.7. The van der Waals surface area contributed by atoms with Crippen molar-refractivity contribution in [3.8, 4) is 0 Å². The summed E-state index contributed by atoms with van der Waals surface area (Å²) in [5.74, 6) is 1.64. The monoisotopic (exact) mass is 286 g/mol. The van der Waals surface area contributed by atoms with Gasteiger partial charge in [-0.15, -0.1) is 0 Å². The molecule has 0 radical (unpaired) electrons. The van der Waals surface area contributed by atoms with E-state index in [1.54, 1.807) is 0 Å². The smallest absolute Gasteiger partial charge is 0.150 e. The predicted octanol–water partition coefficient (Wildman–Crippen LogP) is 1.03. The van der Waals surface area contributed by atoms with Crippen molar-refractivity contribution in [2.24, 2.45) is 5.92 Å². The summed E-state index contributed by atoms with van der Waals surface area (Å²) < 4.78 is 23.1. The molecule has 3 fully saturated rings. The van der Waals surface area contributed by atoms with Gasteiger partial charge in [-0.25, -0.2) is 8.42 Å². The molecule has 1 N–H and O–H groups in total. The van der Waals surface area contributed by atoms with Crippen LogP contribution in [0.3, 0.4) is 0 Å². The summed E-state index contributed by atoms with van der Waals surface area (Å²) in [7, 11) is -2.72. The first-order valence-electron chi connectivity index (χ1n) is 7.81. The number of nitrogens with zero attached hydrogens (tertiary/aromatic N) is 1. The van der Waals surface area contributed by atoms with E-state index in [4.69, 9.17) is 0 Å². The highest BCUT2D eigenvalue weighted by Gasteiger charge is 2.37. The Bertz CT molecular complexity index is 386. The van der Waals surface area contributed by atoms with Gasteiger partial charge in [0.2, 0.25) is 0 Å². The van der Waals surface area contributed by atoms with Crippen molar-refractivity contribution >= 4 is 9.84 Å². The van der Waals surface area contributed by atoms with E-state index in [0.717, 1.165) is 37.9 Å². The number of rotatable bonds is 4. The fourth-order valence-electron chi connectivity index (χ4n) is 3.57. The van der Waals surface area contributed by atoms with Crippen molar-refractivity contribution in [3.63, 3.8) is 0 Å². The van der Waals surface area contributed by atoms with Crippen LogP contribution >= 0.6 is 0 Å². The van der Waals surface area contributed by atoms with Crippen LogP contribution in [0.5, 0.6) is 0 Å². The van der Waals surface area contributed by atoms with Crippen LogP contribution in [0.1, 0.15) is 38.5 Å². The Hall–Kier alpha value is -0.130. The Morgan fingerprint density at radius 1 is 0.895 bits per heavy atom. The molecule has 3 aliphatic rings. The minimum Gasteiger partial charge on any atom is -0.317 e. The maximum Gasteiger partial charge on any atom is 0.150 e. The summed E-state index contributed by atoms with van der Waals surface area (Å²) in [6.45, 7) is 3.52. The van der Waals surface area contributed by atoms with Gasteiger partial charge in [0.05, 0.1) is 11.5 Å². The van der Waals surface area contributed by atoms with E-state index in [2.05, 4.69) is 10.2 Å². The summed E-state index contributed by atoms with van der Waals surface area (Å²) in [4.78, 5) is 2.67. The molecule has 0 bridgehead atoms. The van der Waals surface area contributed by atoms with Crippen molar-refractivity contribution in [2.75, 3.05) is 31.1 Å². The molecule has 0 amide bonds. The van der Waals surface area contributed by atoms with E-state index in [0.29, 0.717) is 17.5 Å². The van der Waals surface area contributed by atoms with Crippen molar-refractivity contribution < 1.29 is 8.42 Å². The van der Waals surface area contributed by atoms with Crippen LogP contribution in [0.15, 0.2) is 0 Å². The second-order valence-corrected chi connectivity index (χ2v) is 8.81. The minimum absolute atomic E-state index is 0.410. The maximum atomic E-state index is 11.6. The highest BCUT2D eigenvalue weighted by molar-refractivity contribution is 7.91. The van der Waals surface area contributed by atoms with E-state index in [9.17, 15) is 8.42 Å². The molecule has 19 heavy (non-hydrogen) atoms. The zero-order valence-electron chi connectivity index (χ0n) is 11.7. The summed E-state index contributed by atoms with van der Waals surface area (Å²) in [6, 6.07) is 1.30. The number of hydrogen-bond donors (Lipinski definition) is 1. The minimum atomic E-state index is -2.72. The van der Waals surface area contributed by atoms with Crippen molar-refractivity contribution in [3.05, 3.63) is 0 Å². The van der Waals surface area contributed by atoms with E-state index < -0.39 is 9.84 Å². The third-order valence-electron chi connectivity index (χ3n) is 4.94. The lowest BCUT2D eigenvalue weighted by atomic mass is 9.96. The largest absolute Gasteiger partial charge is 0.317 e. The van der Waals surface area contributed by atoms with Crippen LogP contribution in [0.4, 0.5) is 0 Å². The SMILES string of the molecule is O=S1(=O)CCC(N(CC2CCNCC2)C2CC2)CC1. The number of piperidine rings is 1. The molecule has 0 spiro atoms. The van der Waals surface area contributed by atoms with E-state index in [1.807, 2.05) is 0 Å². The third kappa shape index (κ3) is 3.70. The Labute approximate surface area is 116 Å². The lowest BCUT2D eigenvalue weighted by molar-refractivity contribution is 0.134. The van der Waals surface area contributed by atoms with Crippen molar-refractivity contribution in [1.29, 1.82) is 0 Å². The molecule has 2 heterocycles. The van der Waals surface area contributed by atoms with Crippen LogP contribution in [0, 0.1) is 5.92 Å². The van der Waals surface area contributed by atoms with Gasteiger partial charge in [0.15, 0.2) is 0 Å². The van der Waals surface area contributed by atoms with Gasteiger partial charge in [0.25, 0.3) is 0 Å². The number of hydrogen-bond acceptors (Lipinski definition) is 4. The molecule has 2 aliphatic heterocycles. The van der Waals surface area contributed by atoms with Crippen molar-refractivity contribution in [2.45, 2.75) is 50.6 Å². The van der Waals surface area contributed by atoms with Gasteiger partial charge in [-0.2, -0.15) is 0 Å². The average molecular weight is 286 g/mol. The zero-order valence-corrected chi connectivity index (χ0v) is 12.5. The van der Waals surface area contributed by atoms with Gasteiger partial charge < -0.3 is 5.32 Å². The molecule has 4 nitrogen and oxygen atoms in total. The molecule has 0 aromatic heterocycles. The first-order valence-corrected chi connectivity index (χ1v) is 9.63. The molecular weight excluding hydrogens is 260 g/mol. The average Bonchev–Trinajstić information content (AvgIpc) is 3.22. The summed E-state index contributed by atoms with van der Waals surface area (Å²) >= 11 is 0. The molecule has 0 unspecified atom stereocenters. The maximum absolute atomic E-state index is 11.6. The molecule has 110 valence electrons. The van der Waals surface area contributed by atoms with Gasteiger partial charge >= 0.3 is 0 Å². The molecule has 1 aliphatic carbocycles. The van der Waals surface area contributed by atoms with Crippen LogP contribution in [0.25, 0.3) is 0 Å². The number of nitrogens with one attached hydrogen (secondary N) is 1. The van der Waals surface area contributed by atoms with Crippen LogP contribution in [0.2, 0.25) is 0 Å². The molecule has 0 aromatic rings. The molecule has 2 saturated heterocycles. The Kier molecular flexibility index (Phi) is 4.15. The summed E-state index contributed by atoms with van der Waals surface area (Å²) in [5.41, 5.74) is 0. The van der Waals surface area contributed by atoms with Crippen LogP contribution in [-0.2, 0) is 9.84 Å². The molecule has 0 atom stereocenters. The first-order chi connectivity index (χ1) is 9.14. The number of sulfone groups is 1. The highest BCUT2D eigenvalue weighted by Crippen LogP contribution is 2.33. The Balaban J connectivity index is 1.58. The first kappa shape index (κ1) is 13.8. The van der Waals surface area contributed by atoms with Gasteiger partial charge in [0, 0.05) is 18.6 Å². The molecular formula is C14H26N2O2S. The topological polar surface area (TPSA) is 49.4 Å². The zero-order chi connectivity index (χ0) is 13.3.